The summed E-state index contributed by atoms with van der Waals surface area (Å²) in [7, 11) is 0. The zero-order valence-electron chi connectivity index (χ0n) is 17.3. The molecule has 0 aliphatic carbocycles. The standard InChI is InChI=1S/C25H29NO2/c1-17(19-10-13-22(14-11-19)25(3,4)5)26-24(27)18(2)28-23-15-12-20-8-6-7-9-21(20)16-23/h6-18H,1-5H3,(H,26,27)/t17-,18-/m1/s1. The van der Waals surface area contributed by atoms with E-state index >= 15 is 0 Å². The van der Waals surface area contributed by atoms with Gasteiger partial charge in [-0.2, -0.15) is 0 Å². The molecule has 0 aromatic heterocycles. The molecule has 28 heavy (non-hydrogen) atoms. The van der Waals surface area contributed by atoms with Crippen LogP contribution in [0.2, 0.25) is 0 Å². The summed E-state index contributed by atoms with van der Waals surface area (Å²) in [6.07, 6.45) is -0.572. The molecule has 0 heterocycles. The summed E-state index contributed by atoms with van der Waals surface area (Å²) in [4.78, 5) is 12.6. The number of amides is 1. The molecular weight excluding hydrogens is 346 g/mol. The van der Waals surface area contributed by atoms with Gasteiger partial charge in [0.2, 0.25) is 0 Å². The highest BCUT2D eigenvalue weighted by Gasteiger charge is 2.19. The topological polar surface area (TPSA) is 38.3 Å². The monoisotopic (exact) mass is 375 g/mol. The Bertz CT molecular complexity index is 954. The second kappa shape index (κ2) is 8.05. The van der Waals surface area contributed by atoms with Crippen LogP contribution in [-0.4, -0.2) is 12.0 Å². The van der Waals surface area contributed by atoms with E-state index in [0.717, 1.165) is 16.3 Å². The van der Waals surface area contributed by atoms with E-state index in [0.29, 0.717) is 5.75 Å². The zero-order chi connectivity index (χ0) is 20.3. The Morgan fingerprint density at radius 2 is 1.54 bits per heavy atom. The average Bonchev–Trinajstić information content (AvgIpc) is 2.67. The molecule has 0 aliphatic heterocycles. The third-order valence-electron chi connectivity index (χ3n) is 5.04. The molecule has 2 atom stereocenters. The molecule has 3 rings (SSSR count). The van der Waals surface area contributed by atoms with Crippen molar-refractivity contribution in [2.45, 2.75) is 52.2 Å². The molecule has 0 unspecified atom stereocenters. The normalized spacial score (nSPS) is 13.8. The smallest absolute Gasteiger partial charge is 0.261 e. The van der Waals surface area contributed by atoms with Crippen molar-refractivity contribution in [2.75, 3.05) is 0 Å². The maximum absolute atomic E-state index is 12.6. The summed E-state index contributed by atoms with van der Waals surface area (Å²) in [5.41, 5.74) is 2.48. The number of hydrogen-bond donors (Lipinski definition) is 1. The van der Waals surface area contributed by atoms with Crippen LogP contribution in [0.1, 0.15) is 51.8 Å². The van der Waals surface area contributed by atoms with Gasteiger partial charge >= 0.3 is 0 Å². The molecule has 0 bridgehead atoms. The number of hydrogen-bond acceptors (Lipinski definition) is 2. The average molecular weight is 376 g/mol. The molecule has 0 radical (unpaired) electrons. The number of benzene rings is 3. The maximum atomic E-state index is 12.6. The minimum atomic E-state index is -0.572. The second-order valence-corrected chi connectivity index (χ2v) is 8.37. The van der Waals surface area contributed by atoms with E-state index in [9.17, 15) is 4.79 Å². The van der Waals surface area contributed by atoms with Gasteiger partial charge in [-0.05, 0) is 53.3 Å². The SMILES string of the molecule is C[C@@H](Oc1ccc2ccccc2c1)C(=O)N[C@H](C)c1ccc(C(C)(C)C)cc1. The fraction of sp³-hybridized carbons (Fsp3) is 0.320. The number of rotatable bonds is 5. The van der Waals surface area contributed by atoms with E-state index in [1.54, 1.807) is 6.92 Å². The van der Waals surface area contributed by atoms with Gasteiger partial charge in [-0.3, -0.25) is 4.79 Å². The highest BCUT2D eigenvalue weighted by atomic mass is 16.5. The number of fused-ring (bicyclic) bond motifs is 1. The lowest BCUT2D eigenvalue weighted by molar-refractivity contribution is -0.127. The van der Waals surface area contributed by atoms with Gasteiger partial charge in [-0.25, -0.2) is 0 Å². The molecule has 3 aromatic carbocycles. The summed E-state index contributed by atoms with van der Waals surface area (Å²) in [5.74, 6) is 0.573. The molecule has 0 aliphatic rings. The lowest BCUT2D eigenvalue weighted by Gasteiger charge is -2.22. The Morgan fingerprint density at radius 3 is 2.18 bits per heavy atom. The molecular formula is C25H29NO2. The molecule has 146 valence electrons. The quantitative estimate of drug-likeness (QED) is 0.614. The molecule has 1 N–H and O–H groups in total. The summed E-state index contributed by atoms with van der Waals surface area (Å²) in [6, 6.07) is 22.3. The van der Waals surface area contributed by atoms with Crippen LogP contribution in [0, 0.1) is 0 Å². The molecule has 3 nitrogen and oxygen atoms in total. The molecule has 3 heteroatoms. The van der Waals surface area contributed by atoms with Gasteiger partial charge in [0.25, 0.3) is 5.91 Å². The van der Waals surface area contributed by atoms with Crippen LogP contribution >= 0.6 is 0 Å². The zero-order valence-corrected chi connectivity index (χ0v) is 17.3. The minimum Gasteiger partial charge on any atom is -0.481 e. The highest BCUT2D eigenvalue weighted by molar-refractivity contribution is 5.84. The molecule has 0 saturated heterocycles. The van der Waals surface area contributed by atoms with Crippen molar-refractivity contribution in [3.05, 3.63) is 77.9 Å². The van der Waals surface area contributed by atoms with E-state index in [-0.39, 0.29) is 17.4 Å². The first-order valence-corrected chi connectivity index (χ1v) is 9.80. The number of carbonyl (C=O) groups excluding carboxylic acids is 1. The van der Waals surface area contributed by atoms with Gasteiger partial charge in [0.15, 0.2) is 6.10 Å². The van der Waals surface area contributed by atoms with E-state index in [4.69, 9.17) is 4.74 Å². The largest absolute Gasteiger partial charge is 0.481 e. The number of ether oxygens (including phenoxy) is 1. The Kier molecular flexibility index (Phi) is 5.73. The Hall–Kier alpha value is -2.81. The van der Waals surface area contributed by atoms with Crippen LogP contribution in [0.4, 0.5) is 0 Å². The van der Waals surface area contributed by atoms with Gasteiger partial charge in [0.1, 0.15) is 5.75 Å². The van der Waals surface area contributed by atoms with Crippen LogP contribution in [0.25, 0.3) is 10.8 Å². The third-order valence-corrected chi connectivity index (χ3v) is 5.04. The van der Waals surface area contributed by atoms with Crippen LogP contribution in [-0.2, 0) is 10.2 Å². The van der Waals surface area contributed by atoms with Crippen LogP contribution < -0.4 is 10.1 Å². The first-order chi connectivity index (χ1) is 13.2. The Labute approximate surface area is 167 Å². The predicted molar refractivity (Wildman–Crippen MR) is 116 cm³/mol. The first-order valence-electron chi connectivity index (χ1n) is 9.80. The van der Waals surface area contributed by atoms with Crippen molar-refractivity contribution >= 4 is 16.7 Å². The third kappa shape index (κ3) is 4.72. The fourth-order valence-electron chi connectivity index (χ4n) is 3.18. The summed E-state index contributed by atoms with van der Waals surface area (Å²) >= 11 is 0. The van der Waals surface area contributed by atoms with E-state index in [1.807, 2.05) is 43.3 Å². The van der Waals surface area contributed by atoms with Gasteiger partial charge in [-0.1, -0.05) is 75.4 Å². The van der Waals surface area contributed by atoms with Crippen molar-refractivity contribution in [2.24, 2.45) is 0 Å². The molecule has 3 aromatic rings. The van der Waals surface area contributed by atoms with Gasteiger partial charge in [-0.15, -0.1) is 0 Å². The number of carbonyl (C=O) groups is 1. The second-order valence-electron chi connectivity index (χ2n) is 8.37. The van der Waals surface area contributed by atoms with Gasteiger partial charge < -0.3 is 10.1 Å². The maximum Gasteiger partial charge on any atom is 0.261 e. The van der Waals surface area contributed by atoms with Crippen molar-refractivity contribution in [3.63, 3.8) is 0 Å². The summed E-state index contributed by atoms with van der Waals surface area (Å²) in [5, 5.41) is 5.30. The number of nitrogens with one attached hydrogen (secondary N) is 1. The van der Waals surface area contributed by atoms with Gasteiger partial charge in [0.05, 0.1) is 6.04 Å². The molecule has 0 spiro atoms. The van der Waals surface area contributed by atoms with E-state index in [1.165, 1.54) is 5.56 Å². The van der Waals surface area contributed by atoms with Crippen LogP contribution in [0.3, 0.4) is 0 Å². The van der Waals surface area contributed by atoms with Gasteiger partial charge in [0, 0.05) is 0 Å². The van der Waals surface area contributed by atoms with Crippen molar-refractivity contribution in [1.82, 2.24) is 5.32 Å². The van der Waals surface area contributed by atoms with Crippen molar-refractivity contribution in [1.29, 1.82) is 0 Å². The lowest BCUT2D eigenvalue weighted by Crippen LogP contribution is -2.37. The van der Waals surface area contributed by atoms with Crippen LogP contribution in [0.15, 0.2) is 66.7 Å². The summed E-state index contributed by atoms with van der Waals surface area (Å²) in [6.45, 7) is 10.4. The minimum absolute atomic E-state index is 0.0795. The van der Waals surface area contributed by atoms with E-state index in [2.05, 4.69) is 56.4 Å². The molecule has 0 saturated carbocycles. The lowest BCUT2D eigenvalue weighted by atomic mass is 9.86. The highest BCUT2D eigenvalue weighted by Crippen LogP contribution is 2.24. The van der Waals surface area contributed by atoms with Crippen molar-refractivity contribution in [3.8, 4) is 5.75 Å². The molecule has 1 amide bonds. The fourth-order valence-corrected chi connectivity index (χ4v) is 3.18. The van der Waals surface area contributed by atoms with Crippen molar-refractivity contribution < 1.29 is 9.53 Å². The Morgan fingerprint density at radius 1 is 0.893 bits per heavy atom. The Balaban J connectivity index is 1.62. The van der Waals surface area contributed by atoms with Crippen LogP contribution in [0.5, 0.6) is 5.75 Å². The molecule has 0 fully saturated rings. The predicted octanol–water partition coefficient (Wildman–Crippen LogP) is 5.78. The van der Waals surface area contributed by atoms with E-state index < -0.39 is 6.10 Å². The first kappa shape index (κ1) is 19.9. The summed E-state index contributed by atoms with van der Waals surface area (Å²) < 4.78 is 5.87.